The summed E-state index contributed by atoms with van der Waals surface area (Å²) in [4.78, 5) is 0. The Hall–Kier alpha value is -1.46. The zero-order valence-corrected chi connectivity index (χ0v) is 12.5. The van der Waals surface area contributed by atoms with Crippen molar-refractivity contribution in [3.05, 3.63) is 63.6 Å². The van der Waals surface area contributed by atoms with Crippen LogP contribution in [-0.2, 0) is 6.61 Å². The summed E-state index contributed by atoms with van der Waals surface area (Å²) in [5.41, 5.74) is 6.57. The molecule has 2 aromatic carbocycles. The molecule has 2 nitrogen and oxygen atoms in total. The molecule has 2 aromatic rings. The van der Waals surface area contributed by atoms with E-state index >= 15 is 0 Å². The molecule has 0 aliphatic carbocycles. The van der Waals surface area contributed by atoms with Crippen LogP contribution in [0.2, 0.25) is 0 Å². The van der Waals surface area contributed by atoms with E-state index in [9.17, 15) is 8.78 Å². The van der Waals surface area contributed by atoms with Crippen molar-refractivity contribution in [1.29, 1.82) is 0 Å². The van der Waals surface area contributed by atoms with E-state index in [4.69, 9.17) is 10.5 Å². The Kier molecular flexibility index (Phi) is 4.73. The second-order valence-electron chi connectivity index (χ2n) is 4.47. The molecular weight excluding hydrogens is 328 g/mol. The van der Waals surface area contributed by atoms with Gasteiger partial charge >= 0.3 is 0 Å². The van der Waals surface area contributed by atoms with Gasteiger partial charge in [0.25, 0.3) is 0 Å². The summed E-state index contributed by atoms with van der Waals surface area (Å²) in [5, 5.41) is 0. The molecule has 0 heterocycles. The Balaban J connectivity index is 2.17. The summed E-state index contributed by atoms with van der Waals surface area (Å²) >= 11 is 3.02. The van der Waals surface area contributed by atoms with Crippen molar-refractivity contribution in [2.45, 2.75) is 19.6 Å². The van der Waals surface area contributed by atoms with Crippen molar-refractivity contribution in [2.75, 3.05) is 0 Å². The van der Waals surface area contributed by atoms with Crippen LogP contribution >= 0.6 is 15.9 Å². The summed E-state index contributed by atoms with van der Waals surface area (Å²) in [6.07, 6.45) is 0. The molecule has 0 aliphatic rings. The predicted octanol–water partition coefficient (Wildman–Crippen LogP) is 4.33. The van der Waals surface area contributed by atoms with Gasteiger partial charge in [0, 0.05) is 6.04 Å². The molecule has 20 heavy (non-hydrogen) atoms. The Morgan fingerprint density at radius 1 is 1.25 bits per heavy atom. The van der Waals surface area contributed by atoms with Crippen LogP contribution in [0.4, 0.5) is 8.78 Å². The van der Waals surface area contributed by atoms with Crippen LogP contribution in [0, 0.1) is 11.6 Å². The molecule has 1 atom stereocenters. The normalized spacial score (nSPS) is 12.2. The molecule has 0 amide bonds. The molecule has 2 N–H and O–H groups in total. The van der Waals surface area contributed by atoms with Crippen molar-refractivity contribution in [2.24, 2.45) is 5.73 Å². The average Bonchev–Trinajstić information content (AvgIpc) is 2.43. The van der Waals surface area contributed by atoms with Crippen molar-refractivity contribution in [3.8, 4) is 5.75 Å². The molecule has 0 saturated carbocycles. The maximum atomic E-state index is 13.8. The van der Waals surface area contributed by atoms with E-state index < -0.39 is 11.6 Å². The van der Waals surface area contributed by atoms with E-state index in [1.165, 1.54) is 12.1 Å². The van der Waals surface area contributed by atoms with Crippen LogP contribution < -0.4 is 10.5 Å². The molecule has 1 unspecified atom stereocenters. The number of rotatable bonds is 4. The van der Waals surface area contributed by atoms with Gasteiger partial charge in [-0.2, -0.15) is 0 Å². The van der Waals surface area contributed by atoms with Gasteiger partial charge in [-0.05, 0) is 52.7 Å². The number of hydrogen-bond donors (Lipinski definition) is 1. The van der Waals surface area contributed by atoms with Crippen molar-refractivity contribution < 1.29 is 13.5 Å². The summed E-state index contributed by atoms with van der Waals surface area (Å²) in [6, 6.07) is 9.55. The number of nitrogens with two attached hydrogens (primary N) is 1. The third kappa shape index (κ3) is 3.35. The van der Waals surface area contributed by atoms with Gasteiger partial charge in [0.15, 0.2) is 0 Å². The Labute approximate surface area is 124 Å². The quantitative estimate of drug-likeness (QED) is 0.840. The van der Waals surface area contributed by atoms with E-state index in [-0.39, 0.29) is 22.7 Å². The highest BCUT2D eigenvalue weighted by atomic mass is 79.9. The first-order valence-electron chi connectivity index (χ1n) is 6.09. The van der Waals surface area contributed by atoms with Crippen LogP contribution in [0.25, 0.3) is 0 Å². The van der Waals surface area contributed by atoms with Crippen LogP contribution in [-0.4, -0.2) is 0 Å². The largest absolute Gasteiger partial charge is 0.489 e. The third-order valence-corrected chi connectivity index (χ3v) is 3.52. The summed E-state index contributed by atoms with van der Waals surface area (Å²) in [6.45, 7) is 1.67. The Morgan fingerprint density at radius 2 is 2.00 bits per heavy atom. The van der Waals surface area contributed by atoms with Gasteiger partial charge in [0.05, 0.1) is 10.0 Å². The molecule has 5 heteroatoms. The van der Waals surface area contributed by atoms with Crippen LogP contribution in [0.1, 0.15) is 24.1 Å². The summed E-state index contributed by atoms with van der Waals surface area (Å²) in [7, 11) is 0. The zero-order valence-electron chi connectivity index (χ0n) is 10.9. The molecule has 0 aliphatic heterocycles. The lowest BCUT2D eigenvalue weighted by molar-refractivity contribution is 0.292. The number of halogens is 3. The smallest absolute Gasteiger partial charge is 0.146 e. The van der Waals surface area contributed by atoms with Crippen molar-refractivity contribution in [1.82, 2.24) is 0 Å². The van der Waals surface area contributed by atoms with E-state index in [2.05, 4.69) is 15.9 Å². The third-order valence-electron chi connectivity index (χ3n) is 2.91. The molecule has 0 fully saturated rings. The number of ether oxygens (including phenoxy) is 1. The second-order valence-corrected chi connectivity index (χ2v) is 5.33. The minimum atomic E-state index is -0.645. The molecule has 0 bridgehead atoms. The van der Waals surface area contributed by atoms with Gasteiger partial charge in [-0.15, -0.1) is 0 Å². The first-order valence-corrected chi connectivity index (χ1v) is 6.89. The Bertz CT molecular complexity index is 617. The monoisotopic (exact) mass is 341 g/mol. The van der Waals surface area contributed by atoms with Gasteiger partial charge in [-0.25, -0.2) is 8.78 Å². The Morgan fingerprint density at radius 3 is 2.70 bits per heavy atom. The van der Waals surface area contributed by atoms with Gasteiger partial charge in [0.2, 0.25) is 0 Å². The zero-order chi connectivity index (χ0) is 14.7. The summed E-state index contributed by atoms with van der Waals surface area (Å²) in [5.74, 6) is -0.749. The SMILES string of the molecule is CC(N)c1cccc(OCc2c(F)ccc(Br)c2F)c1. The highest BCUT2D eigenvalue weighted by Gasteiger charge is 2.13. The fourth-order valence-corrected chi connectivity index (χ4v) is 2.12. The predicted molar refractivity (Wildman–Crippen MR) is 77.4 cm³/mol. The van der Waals surface area contributed by atoms with Gasteiger partial charge in [-0.1, -0.05) is 12.1 Å². The topological polar surface area (TPSA) is 35.2 Å². The highest BCUT2D eigenvalue weighted by Crippen LogP contribution is 2.24. The maximum Gasteiger partial charge on any atom is 0.146 e. The van der Waals surface area contributed by atoms with Crippen molar-refractivity contribution in [3.63, 3.8) is 0 Å². The fraction of sp³-hybridized carbons (Fsp3) is 0.200. The van der Waals surface area contributed by atoms with Crippen molar-refractivity contribution >= 4 is 15.9 Å². The van der Waals surface area contributed by atoms with Gasteiger partial charge in [-0.3, -0.25) is 0 Å². The molecule has 0 saturated heterocycles. The van der Waals surface area contributed by atoms with Gasteiger partial charge in [0.1, 0.15) is 24.0 Å². The molecule has 106 valence electrons. The maximum absolute atomic E-state index is 13.8. The fourth-order valence-electron chi connectivity index (χ4n) is 1.74. The molecule has 0 aromatic heterocycles. The first kappa shape index (κ1) is 14.9. The standard InChI is InChI=1S/C15H14BrF2NO/c1-9(19)10-3-2-4-11(7-10)20-8-12-14(17)6-5-13(16)15(12)18/h2-7,9H,8,19H2,1H3. The number of hydrogen-bond acceptors (Lipinski definition) is 2. The lowest BCUT2D eigenvalue weighted by atomic mass is 10.1. The first-order chi connectivity index (χ1) is 9.49. The second kappa shape index (κ2) is 6.33. The molecule has 0 spiro atoms. The van der Waals surface area contributed by atoms with Crippen LogP contribution in [0.15, 0.2) is 40.9 Å². The van der Waals surface area contributed by atoms with Crippen LogP contribution in [0.3, 0.4) is 0 Å². The minimum Gasteiger partial charge on any atom is -0.489 e. The highest BCUT2D eigenvalue weighted by molar-refractivity contribution is 9.10. The molecule has 0 radical (unpaired) electrons. The molecule has 2 rings (SSSR count). The summed E-state index contributed by atoms with van der Waals surface area (Å²) < 4.78 is 33.0. The lowest BCUT2D eigenvalue weighted by Gasteiger charge is -2.11. The molecular formula is C15H14BrF2NO. The van der Waals surface area contributed by atoms with E-state index in [1.54, 1.807) is 18.2 Å². The van der Waals surface area contributed by atoms with Crippen LogP contribution in [0.5, 0.6) is 5.75 Å². The number of benzene rings is 2. The van der Waals surface area contributed by atoms with E-state index in [0.717, 1.165) is 5.56 Å². The minimum absolute atomic E-state index is 0.106. The average molecular weight is 342 g/mol. The lowest BCUT2D eigenvalue weighted by Crippen LogP contribution is -2.06. The van der Waals surface area contributed by atoms with E-state index in [0.29, 0.717) is 5.75 Å². The van der Waals surface area contributed by atoms with E-state index in [1.807, 2.05) is 13.0 Å². The van der Waals surface area contributed by atoms with Gasteiger partial charge < -0.3 is 10.5 Å².